The van der Waals surface area contributed by atoms with E-state index in [1.165, 1.54) is 18.7 Å². The lowest BCUT2D eigenvalue weighted by Crippen LogP contribution is -3.11. The van der Waals surface area contributed by atoms with Crippen molar-refractivity contribution in [2.45, 2.75) is 40.2 Å². The Hall–Kier alpha value is -1.85. The van der Waals surface area contributed by atoms with Crippen molar-refractivity contribution in [3.63, 3.8) is 0 Å². The van der Waals surface area contributed by atoms with Crippen LogP contribution in [0, 0.1) is 0 Å². The number of anilines is 1. The number of hydrogen-bond donors (Lipinski definition) is 2. The molecule has 0 saturated heterocycles. The Morgan fingerprint density at radius 2 is 1.85 bits per heavy atom. The lowest BCUT2D eigenvalue weighted by atomic mass is 10.1. The van der Waals surface area contributed by atoms with Gasteiger partial charge in [0.25, 0.3) is 0 Å². The van der Waals surface area contributed by atoms with Crippen molar-refractivity contribution in [3.05, 3.63) is 54.0 Å². The second-order valence-electron chi connectivity index (χ2n) is 6.54. The first kappa shape index (κ1) is 20.5. The summed E-state index contributed by atoms with van der Waals surface area (Å²) in [5, 5.41) is 4.13. The zero-order chi connectivity index (χ0) is 18.8. The molecule has 2 rings (SSSR count). The van der Waals surface area contributed by atoms with Gasteiger partial charge in [0.1, 0.15) is 5.76 Å². The average molecular weight is 375 g/mol. The van der Waals surface area contributed by atoms with Crippen LogP contribution in [-0.2, 0) is 13.0 Å². The summed E-state index contributed by atoms with van der Waals surface area (Å²) in [6.07, 6.45) is 3.87. The first-order valence-electron chi connectivity index (χ1n) is 9.67. The van der Waals surface area contributed by atoms with Crippen molar-refractivity contribution in [2.24, 2.45) is 0 Å². The van der Waals surface area contributed by atoms with Crippen LogP contribution >= 0.6 is 12.2 Å². The van der Waals surface area contributed by atoms with Crippen LogP contribution in [0.15, 0.2) is 47.1 Å². The van der Waals surface area contributed by atoms with E-state index in [9.17, 15) is 0 Å². The summed E-state index contributed by atoms with van der Waals surface area (Å²) < 4.78 is 5.53. The highest BCUT2D eigenvalue weighted by Crippen LogP contribution is 2.13. The summed E-state index contributed by atoms with van der Waals surface area (Å²) in [5.41, 5.74) is 2.36. The second-order valence-corrected chi connectivity index (χ2v) is 6.93. The molecule has 0 aliphatic heterocycles. The Labute approximate surface area is 163 Å². The maximum Gasteiger partial charge on any atom is 0.173 e. The Balaban J connectivity index is 1.97. The van der Waals surface area contributed by atoms with E-state index in [-0.39, 0.29) is 0 Å². The van der Waals surface area contributed by atoms with Gasteiger partial charge in [-0.25, -0.2) is 0 Å². The van der Waals surface area contributed by atoms with Gasteiger partial charge in [-0.15, -0.1) is 0 Å². The van der Waals surface area contributed by atoms with Crippen molar-refractivity contribution in [1.29, 1.82) is 0 Å². The molecule has 0 aliphatic rings. The second kappa shape index (κ2) is 11.0. The van der Waals surface area contributed by atoms with E-state index in [2.05, 4.69) is 55.3 Å². The van der Waals surface area contributed by atoms with Crippen molar-refractivity contribution >= 4 is 23.0 Å². The topological polar surface area (TPSA) is 32.9 Å². The summed E-state index contributed by atoms with van der Waals surface area (Å²) in [6, 6.07) is 12.4. The highest BCUT2D eigenvalue weighted by Gasteiger charge is 2.13. The van der Waals surface area contributed by atoms with E-state index >= 15 is 0 Å². The van der Waals surface area contributed by atoms with E-state index in [0.717, 1.165) is 42.5 Å². The van der Waals surface area contributed by atoms with Gasteiger partial charge in [-0.3, -0.25) is 0 Å². The maximum absolute atomic E-state index is 5.69. The van der Waals surface area contributed by atoms with Crippen LogP contribution in [0.4, 0.5) is 5.69 Å². The van der Waals surface area contributed by atoms with Crippen LogP contribution in [0.3, 0.4) is 0 Å². The number of aryl methyl sites for hydroxylation is 1. The largest absolute Gasteiger partial charge is 0.467 e. The first-order valence-corrected chi connectivity index (χ1v) is 10.1. The van der Waals surface area contributed by atoms with E-state index in [0.29, 0.717) is 6.54 Å². The predicted octanol–water partition coefficient (Wildman–Crippen LogP) is 3.36. The molecule has 1 heterocycles. The first-order chi connectivity index (χ1) is 12.7. The smallest absolute Gasteiger partial charge is 0.173 e. The molecular weight excluding hydrogens is 342 g/mol. The molecule has 0 aliphatic carbocycles. The molecule has 142 valence electrons. The van der Waals surface area contributed by atoms with Crippen molar-refractivity contribution < 1.29 is 9.32 Å². The molecule has 0 unspecified atom stereocenters. The quantitative estimate of drug-likeness (QED) is 0.625. The molecular formula is C21H32N3OS+. The summed E-state index contributed by atoms with van der Waals surface area (Å²) in [6.45, 7) is 11.8. The van der Waals surface area contributed by atoms with E-state index in [1.807, 2.05) is 12.1 Å². The molecule has 0 spiro atoms. The number of rotatable bonds is 10. The van der Waals surface area contributed by atoms with Crippen LogP contribution in [0.2, 0.25) is 0 Å². The Kier molecular flexibility index (Phi) is 8.65. The molecule has 2 aromatic rings. The minimum absolute atomic E-state index is 0.694. The van der Waals surface area contributed by atoms with Crippen molar-refractivity contribution in [2.75, 3.05) is 31.5 Å². The summed E-state index contributed by atoms with van der Waals surface area (Å²) in [7, 11) is 0. The molecule has 1 aromatic carbocycles. The fourth-order valence-corrected chi connectivity index (χ4v) is 3.27. The SMILES string of the molecule is CCc1ccc(NC(=S)N(CCC[NH+](CC)CC)Cc2ccco2)cc1. The predicted molar refractivity (Wildman–Crippen MR) is 113 cm³/mol. The normalized spacial score (nSPS) is 10.9. The minimum Gasteiger partial charge on any atom is -0.467 e. The highest BCUT2D eigenvalue weighted by atomic mass is 32.1. The molecule has 0 atom stereocenters. The number of hydrogen-bond acceptors (Lipinski definition) is 2. The number of nitrogens with zero attached hydrogens (tertiary/aromatic N) is 1. The average Bonchev–Trinajstić information content (AvgIpc) is 3.18. The molecule has 0 bridgehead atoms. The van der Waals surface area contributed by atoms with Crippen LogP contribution in [-0.4, -0.2) is 36.2 Å². The fourth-order valence-electron chi connectivity index (χ4n) is 2.99. The van der Waals surface area contributed by atoms with Gasteiger partial charge in [0.05, 0.1) is 32.4 Å². The zero-order valence-corrected chi connectivity index (χ0v) is 17.1. The Morgan fingerprint density at radius 1 is 1.12 bits per heavy atom. The molecule has 5 heteroatoms. The van der Waals surface area contributed by atoms with Gasteiger partial charge in [-0.1, -0.05) is 19.1 Å². The molecule has 0 amide bonds. The standard InChI is InChI=1S/C21H31N3OS/c1-4-18-10-12-19(13-11-18)22-21(26)24(17-20-9-7-16-25-20)15-8-14-23(5-2)6-3/h7,9-13,16H,4-6,8,14-15,17H2,1-3H3,(H,22,26)/p+1. The fraction of sp³-hybridized carbons (Fsp3) is 0.476. The maximum atomic E-state index is 5.69. The summed E-state index contributed by atoms with van der Waals surface area (Å²) >= 11 is 5.69. The summed E-state index contributed by atoms with van der Waals surface area (Å²) in [4.78, 5) is 3.82. The summed E-state index contributed by atoms with van der Waals surface area (Å²) in [5.74, 6) is 0.936. The lowest BCUT2D eigenvalue weighted by molar-refractivity contribution is -0.896. The van der Waals surface area contributed by atoms with Crippen molar-refractivity contribution in [3.8, 4) is 0 Å². The van der Waals surface area contributed by atoms with Gasteiger partial charge in [0.2, 0.25) is 0 Å². The Bertz CT molecular complexity index is 636. The number of nitrogens with one attached hydrogen (secondary N) is 2. The molecule has 1 aromatic heterocycles. The van der Waals surface area contributed by atoms with Crippen LogP contribution in [0.1, 0.15) is 38.5 Å². The molecule has 0 fully saturated rings. The molecule has 0 radical (unpaired) electrons. The van der Waals surface area contributed by atoms with E-state index in [1.54, 1.807) is 11.2 Å². The van der Waals surface area contributed by atoms with Crippen LogP contribution < -0.4 is 10.2 Å². The molecule has 4 nitrogen and oxygen atoms in total. The van der Waals surface area contributed by atoms with Crippen LogP contribution in [0.5, 0.6) is 0 Å². The van der Waals surface area contributed by atoms with Gasteiger partial charge in [-0.2, -0.15) is 0 Å². The Morgan fingerprint density at radius 3 is 2.42 bits per heavy atom. The van der Waals surface area contributed by atoms with Crippen LogP contribution in [0.25, 0.3) is 0 Å². The van der Waals surface area contributed by atoms with Gasteiger partial charge in [0.15, 0.2) is 5.11 Å². The third kappa shape index (κ3) is 6.46. The van der Waals surface area contributed by atoms with Crippen molar-refractivity contribution in [1.82, 2.24) is 4.90 Å². The van der Waals surface area contributed by atoms with E-state index in [4.69, 9.17) is 16.6 Å². The number of quaternary nitrogens is 1. The third-order valence-corrected chi connectivity index (χ3v) is 5.15. The zero-order valence-electron chi connectivity index (χ0n) is 16.3. The van der Waals surface area contributed by atoms with Gasteiger partial charge in [0, 0.05) is 18.7 Å². The monoisotopic (exact) mass is 374 g/mol. The van der Waals surface area contributed by atoms with Gasteiger partial charge in [-0.05, 0) is 62.3 Å². The lowest BCUT2D eigenvalue weighted by Gasteiger charge is -2.26. The highest BCUT2D eigenvalue weighted by molar-refractivity contribution is 7.80. The molecule has 0 saturated carbocycles. The molecule has 26 heavy (non-hydrogen) atoms. The molecule has 2 N–H and O–H groups in total. The van der Waals surface area contributed by atoms with E-state index < -0.39 is 0 Å². The third-order valence-electron chi connectivity index (χ3n) is 4.79. The minimum atomic E-state index is 0.694. The number of furan rings is 1. The number of benzene rings is 1. The van der Waals surface area contributed by atoms with Gasteiger partial charge >= 0.3 is 0 Å². The number of thiocarbonyl (C=S) groups is 1. The van der Waals surface area contributed by atoms with Gasteiger partial charge < -0.3 is 19.5 Å².